The molecule has 2 rings (SSSR count). The fourth-order valence-corrected chi connectivity index (χ4v) is 4.06. The first-order valence-electron chi connectivity index (χ1n) is 7.34. The molecule has 0 bridgehead atoms. The molecule has 0 saturated carbocycles. The summed E-state index contributed by atoms with van der Waals surface area (Å²) < 4.78 is 32.9. The number of carbonyl (C=O) groups excluding carboxylic acids is 2. The Morgan fingerprint density at radius 3 is 2.79 bits per heavy atom. The van der Waals surface area contributed by atoms with Crippen molar-refractivity contribution in [3.63, 3.8) is 0 Å². The molecule has 9 heteroatoms. The number of carbonyl (C=O) groups is 2. The third kappa shape index (κ3) is 5.68. The van der Waals surface area contributed by atoms with Crippen LogP contribution in [0.5, 0.6) is 5.75 Å². The van der Waals surface area contributed by atoms with Gasteiger partial charge in [0.25, 0.3) is 5.91 Å². The Morgan fingerprint density at radius 2 is 2.17 bits per heavy atom. The van der Waals surface area contributed by atoms with Crippen molar-refractivity contribution < 1.29 is 27.5 Å². The molecule has 1 aromatic carbocycles. The van der Waals surface area contributed by atoms with E-state index in [0.717, 1.165) is 0 Å². The summed E-state index contributed by atoms with van der Waals surface area (Å²) >= 11 is 5.80. The Balaban J connectivity index is 1.75. The highest BCUT2D eigenvalue weighted by Crippen LogP contribution is 2.17. The minimum Gasteiger partial charge on any atom is -0.482 e. The molecule has 1 heterocycles. The van der Waals surface area contributed by atoms with Crippen molar-refractivity contribution in [1.82, 2.24) is 5.32 Å². The van der Waals surface area contributed by atoms with E-state index in [1.807, 2.05) is 0 Å². The smallest absolute Gasteiger partial charge is 0.344 e. The molecule has 7 nitrogen and oxygen atoms in total. The lowest BCUT2D eigenvalue weighted by Crippen LogP contribution is -2.43. The summed E-state index contributed by atoms with van der Waals surface area (Å²) in [5, 5.41) is 3.04. The molecule has 1 aromatic rings. The average molecular weight is 376 g/mol. The third-order valence-electron chi connectivity index (χ3n) is 3.41. The zero-order valence-corrected chi connectivity index (χ0v) is 14.6. The first-order valence-corrected chi connectivity index (χ1v) is 9.54. The van der Waals surface area contributed by atoms with Gasteiger partial charge in [0.05, 0.1) is 11.5 Å². The number of amides is 1. The number of ether oxygens (including phenoxy) is 2. The van der Waals surface area contributed by atoms with Gasteiger partial charge in [-0.15, -0.1) is 0 Å². The van der Waals surface area contributed by atoms with Crippen molar-refractivity contribution in [2.45, 2.75) is 25.5 Å². The van der Waals surface area contributed by atoms with E-state index in [1.54, 1.807) is 24.3 Å². The summed E-state index contributed by atoms with van der Waals surface area (Å²) in [4.78, 5) is 23.6. The Kier molecular flexibility index (Phi) is 6.06. The maximum atomic E-state index is 11.9. The summed E-state index contributed by atoms with van der Waals surface area (Å²) in [5.74, 6) is -0.866. The predicted molar refractivity (Wildman–Crippen MR) is 87.7 cm³/mol. The van der Waals surface area contributed by atoms with E-state index in [4.69, 9.17) is 21.1 Å². The molecule has 0 radical (unpaired) electrons. The van der Waals surface area contributed by atoms with E-state index in [-0.39, 0.29) is 18.1 Å². The van der Waals surface area contributed by atoms with Gasteiger partial charge in [-0.05, 0) is 31.5 Å². The van der Waals surface area contributed by atoms with Crippen molar-refractivity contribution >= 4 is 33.3 Å². The van der Waals surface area contributed by atoms with Gasteiger partial charge >= 0.3 is 5.97 Å². The Hall–Kier alpha value is -1.80. The van der Waals surface area contributed by atoms with E-state index in [0.29, 0.717) is 17.2 Å². The molecule has 1 aliphatic rings. The van der Waals surface area contributed by atoms with Crippen molar-refractivity contribution in [2.24, 2.45) is 0 Å². The number of nitrogens with one attached hydrogen (secondary N) is 1. The first-order chi connectivity index (χ1) is 11.2. The minimum atomic E-state index is -3.09. The zero-order chi connectivity index (χ0) is 17.7. The van der Waals surface area contributed by atoms with E-state index < -0.39 is 33.9 Å². The van der Waals surface area contributed by atoms with Crippen LogP contribution < -0.4 is 10.1 Å². The van der Waals surface area contributed by atoms with Gasteiger partial charge in [-0.2, -0.15) is 0 Å². The number of esters is 1. The Bertz CT molecular complexity index is 720. The molecule has 2 atom stereocenters. The maximum Gasteiger partial charge on any atom is 0.344 e. The molecule has 0 spiro atoms. The molecule has 0 unspecified atom stereocenters. The van der Waals surface area contributed by atoms with Crippen molar-refractivity contribution in [3.05, 3.63) is 29.3 Å². The van der Waals surface area contributed by atoms with Crippen LogP contribution >= 0.6 is 11.6 Å². The topological polar surface area (TPSA) is 98.8 Å². The van der Waals surface area contributed by atoms with Gasteiger partial charge in [0.1, 0.15) is 5.75 Å². The normalized spacial score (nSPS) is 20.2. The van der Waals surface area contributed by atoms with E-state index in [1.165, 1.54) is 6.92 Å². The van der Waals surface area contributed by atoms with Gasteiger partial charge in [-0.25, -0.2) is 13.2 Å². The van der Waals surface area contributed by atoms with Crippen LogP contribution in [-0.4, -0.2) is 50.6 Å². The lowest BCUT2D eigenvalue weighted by Gasteiger charge is -2.16. The van der Waals surface area contributed by atoms with E-state index in [2.05, 4.69) is 5.32 Å². The Morgan fingerprint density at radius 1 is 1.42 bits per heavy atom. The van der Waals surface area contributed by atoms with Crippen LogP contribution in [0.3, 0.4) is 0 Å². The zero-order valence-electron chi connectivity index (χ0n) is 13.0. The maximum absolute atomic E-state index is 11.9. The van der Waals surface area contributed by atoms with Gasteiger partial charge in [0, 0.05) is 11.1 Å². The first kappa shape index (κ1) is 18.5. The number of halogens is 1. The molecule has 24 heavy (non-hydrogen) atoms. The SMILES string of the molecule is C[C@H](OC(=O)COc1cccc(Cl)c1)C(=O)N[C@H]1CCS(=O)(=O)C1. The van der Waals surface area contributed by atoms with E-state index >= 15 is 0 Å². The van der Waals surface area contributed by atoms with Crippen LogP contribution in [0, 0.1) is 0 Å². The van der Waals surface area contributed by atoms with Crippen LogP contribution in [0.25, 0.3) is 0 Å². The second kappa shape index (κ2) is 7.85. The fraction of sp³-hybridized carbons (Fsp3) is 0.467. The van der Waals surface area contributed by atoms with Crippen LogP contribution in [0.15, 0.2) is 24.3 Å². The quantitative estimate of drug-likeness (QED) is 0.743. The molecule has 0 aliphatic carbocycles. The number of hydrogen-bond acceptors (Lipinski definition) is 6. The average Bonchev–Trinajstić information content (AvgIpc) is 2.84. The molecular formula is C15H18ClNO6S. The highest BCUT2D eigenvalue weighted by molar-refractivity contribution is 7.91. The fourth-order valence-electron chi connectivity index (χ4n) is 2.21. The highest BCUT2D eigenvalue weighted by atomic mass is 35.5. The molecule has 1 saturated heterocycles. The van der Waals surface area contributed by atoms with Gasteiger partial charge in [0.15, 0.2) is 22.5 Å². The summed E-state index contributed by atoms with van der Waals surface area (Å²) in [6.45, 7) is 1.05. The second-order valence-electron chi connectivity index (χ2n) is 5.49. The lowest BCUT2D eigenvalue weighted by atomic mass is 10.2. The Labute approximate surface area is 145 Å². The van der Waals surface area contributed by atoms with Gasteiger partial charge in [-0.3, -0.25) is 4.79 Å². The van der Waals surface area contributed by atoms with Gasteiger partial charge < -0.3 is 14.8 Å². The van der Waals surface area contributed by atoms with Crippen molar-refractivity contribution in [3.8, 4) is 5.75 Å². The predicted octanol–water partition coefficient (Wildman–Crippen LogP) is 0.954. The van der Waals surface area contributed by atoms with Gasteiger partial charge in [-0.1, -0.05) is 17.7 Å². The molecule has 1 N–H and O–H groups in total. The van der Waals surface area contributed by atoms with Crippen molar-refractivity contribution in [2.75, 3.05) is 18.1 Å². The number of sulfone groups is 1. The summed E-state index contributed by atoms with van der Waals surface area (Å²) in [7, 11) is -3.09. The molecule has 1 amide bonds. The molecule has 1 aliphatic heterocycles. The summed E-state index contributed by atoms with van der Waals surface area (Å²) in [5.41, 5.74) is 0. The molecule has 132 valence electrons. The van der Waals surface area contributed by atoms with Crippen LogP contribution in [0.4, 0.5) is 0 Å². The van der Waals surface area contributed by atoms with Crippen molar-refractivity contribution in [1.29, 1.82) is 0 Å². The van der Waals surface area contributed by atoms with Crippen LogP contribution in [0.1, 0.15) is 13.3 Å². The highest BCUT2D eigenvalue weighted by Gasteiger charge is 2.30. The number of benzene rings is 1. The molecule has 1 fully saturated rings. The molecular weight excluding hydrogens is 358 g/mol. The van der Waals surface area contributed by atoms with Crippen LogP contribution in [-0.2, 0) is 24.2 Å². The minimum absolute atomic E-state index is 0.0551. The summed E-state index contributed by atoms with van der Waals surface area (Å²) in [6, 6.07) is 6.09. The lowest BCUT2D eigenvalue weighted by molar-refractivity contribution is -0.156. The third-order valence-corrected chi connectivity index (χ3v) is 5.41. The second-order valence-corrected chi connectivity index (χ2v) is 8.15. The van der Waals surface area contributed by atoms with Gasteiger partial charge in [0.2, 0.25) is 0 Å². The molecule has 0 aromatic heterocycles. The number of rotatable bonds is 6. The van der Waals surface area contributed by atoms with E-state index in [9.17, 15) is 18.0 Å². The van der Waals surface area contributed by atoms with Crippen LogP contribution in [0.2, 0.25) is 5.02 Å². The standard InChI is InChI=1S/C15H18ClNO6S/c1-10(15(19)17-12-5-6-24(20,21)9-12)23-14(18)8-22-13-4-2-3-11(16)7-13/h2-4,7,10,12H,5-6,8-9H2,1H3,(H,17,19)/t10-,12-/m0/s1. The monoisotopic (exact) mass is 375 g/mol. The number of hydrogen-bond donors (Lipinski definition) is 1. The summed E-state index contributed by atoms with van der Waals surface area (Å²) in [6.07, 6.45) is -0.671. The largest absolute Gasteiger partial charge is 0.482 e.